The molecule has 0 aliphatic carbocycles. The summed E-state index contributed by atoms with van der Waals surface area (Å²) in [6.07, 6.45) is 0.615. The Kier molecular flexibility index (Phi) is 7.47. The lowest BCUT2D eigenvalue weighted by Crippen LogP contribution is -2.30. The van der Waals surface area contributed by atoms with Crippen LogP contribution in [0.2, 0.25) is 0 Å². The van der Waals surface area contributed by atoms with E-state index in [2.05, 4.69) is 21.2 Å². The minimum atomic E-state index is -0.549. The number of hydrogen-bond donors (Lipinski definition) is 1. The van der Waals surface area contributed by atoms with Crippen molar-refractivity contribution in [3.8, 4) is 11.5 Å². The summed E-state index contributed by atoms with van der Waals surface area (Å²) in [5.74, 6) is 0.386. The molecule has 0 saturated heterocycles. The Hall–Kier alpha value is -2.54. The van der Waals surface area contributed by atoms with Crippen molar-refractivity contribution in [2.45, 2.75) is 6.42 Å². The van der Waals surface area contributed by atoms with Crippen LogP contribution in [0.4, 0.5) is 0 Å². The number of hydrogen-bond acceptors (Lipinski definition) is 5. The van der Waals surface area contributed by atoms with Gasteiger partial charge in [-0.1, -0.05) is 18.2 Å². The number of methoxy groups -OCH3 is 2. The van der Waals surface area contributed by atoms with Crippen molar-refractivity contribution in [1.82, 2.24) is 5.32 Å². The van der Waals surface area contributed by atoms with E-state index in [4.69, 9.17) is 14.2 Å². The Morgan fingerprint density at radius 1 is 1.04 bits per heavy atom. The Labute approximate surface area is 160 Å². The topological polar surface area (TPSA) is 73.9 Å². The predicted molar refractivity (Wildman–Crippen MR) is 101 cm³/mol. The van der Waals surface area contributed by atoms with Gasteiger partial charge in [0.05, 0.1) is 19.8 Å². The average Bonchev–Trinajstić information content (AvgIpc) is 2.66. The van der Waals surface area contributed by atoms with E-state index in [1.807, 2.05) is 18.2 Å². The number of carbonyl (C=O) groups is 2. The van der Waals surface area contributed by atoms with Crippen LogP contribution >= 0.6 is 15.9 Å². The zero-order chi connectivity index (χ0) is 18.9. The van der Waals surface area contributed by atoms with E-state index in [9.17, 15) is 9.59 Å². The van der Waals surface area contributed by atoms with Gasteiger partial charge in [-0.25, -0.2) is 4.79 Å². The van der Waals surface area contributed by atoms with E-state index < -0.39 is 5.97 Å². The maximum absolute atomic E-state index is 11.9. The molecule has 0 heterocycles. The van der Waals surface area contributed by atoms with Crippen LogP contribution in [-0.2, 0) is 16.0 Å². The van der Waals surface area contributed by atoms with Crippen LogP contribution < -0.4 is 14.8 Å². The third-order valence-electron chi connectivity index (χ3n) is 3.61. The van der Waals surface area contributed by atoms with Crippen molar-refractivity contribution in [2.24, 2.45) is 0 Å². The zero-order valence-electron chi connectivity index (χ0n) is 14.6. The molecular weight excluding hydrogens is 402 g/mol. The summed E-state index contributed by atoms with van der Waals surface area (Å²) < 4.78 is 16.1. The highest BCUT2D eigenvalue weighted by molar-refractivity contribution is 9.10. The summed E-state index contributed by atoms with van der Waals surface area (Å²) in [5, 5.41) is 2.72. The molecule has 0 aromatic heterocycles. The first kappa shape index (κ1) is 19.8. The fraction of sp³-hybridized carbons (Fsp3) is 0.263. The molecule has 0 bridgehead atoms. The first-order valence-electron chi connectivity index (χ1n) is 7.94. The van der Waals surface area contributed by atoms with E-state index in [1.54, 1.807) is 38.5 Å². The van der Waals surface area contributed by atoms with Crippen molar-refractivity contribution in [3.63, 3.8) is 0 Å². The number of ether oxygens (including phenoxy) is 3. The van der Waals surface area contributed by atoms with Crippen molar-refractivity contribution >= 4 is 27.8 Å². The van der Waals surface area contributed by atoms with Crippen molar-refractivity contribution < 1.29 is 23.8 Å². The molecule has 0 aliphatic rings. The largest absolute Gasteiger partial charge is 0.493 e. The van der Waals surface area contributed by atoms with Gasteiger partial charge in [0, 0.05) is 11.0 Å². The maximum Gasteiger partial charge on any atom is 0.339 e. The predicted octanol–water partition coefficient (Wildman–Crippen LogP) is 2.98. The third-order valence-corrected chi connectivity index (χ3v) is 4.30. The second kappa shape index (κ2) is 9.82. The van der Waals surface area contributed by atoms with Crippen molar-refractivity contribution in [3.05, 3.63) is 58.1 Å². The van der Waals surface area contributed by atoms with Gasteiger partial charge in [0.1, 0.15) is 0 Å². The highest BCUT2D eigenvalue weighted by atomic mass is 79.9. The number of rotatable bonds is 8. The number of amides is 1. The van der Waals surface area contributed by atoms with Gasteiger partial charge < -0.3 is 19.5 Å². The van der Waals surface area contributed by atoms with Crippen molar-refractivity contribution in [1.29, 1.82) is 0 Å². The van der Waals surface area contributed by atoms with Crippen LogP contribution in [-0.4, -0.2) is 39.2 Å². The fourth-order valence-corrected chi connectivity index (χ4v) is 2.72. The molecule has 7 heteroatoms. The summed E-state index contributed by atoms with van der Waals surface area (Å²) in [4.78, 5) is 23.8. The molecule has 0 spiro atoms. The summed E-state index contributed by atoms with van der Waals surface area (Å²) >= 11 is 3.27. The summed E-state index contributed by atoms with van der Waals surface area (Å²) in [5.41, 5.74) is 1.37. The second-order valence-corrected chi connectivity index (χ2v) is 6.20. The highest BCUT2D eigenvalue weighted by Crippen LogP contribution is 2.27. The van der Waals surface area contributed by atoms with E-state index in [0.717, 1.165) is 5.56 Å². The van der Waals surface area contributed by atoms with Crippen LogP contribution in [0, 0.1) is 0 Å². The van der Waals surface area contributed by atoms with Crippen LogP contribution in [0.1, 0.15) is 15.9 Å². The molecule has 0 saturated carbocycles. The first-order chi connectivity index (χ1) is 12.5. The van der Waals surface area contributed by atoms with Crippen LogP contribution in [0.5, 0.6) is 11.5 Å². The highest BCUT2D eigenvalue weighted by Gasteiger charge is 2.12. The summed E-state index contributed by atoms with van der Waals surface area (Å²) in [6, 6.07) is 12.5. The van der Waals surface area contributed by atoms with Gasteiger partial charge in [-0.2, -0.15) is 0 Å². The summed E-state index contributed by atoms with van der Waals surface area (Å²) in [7, 11) is 3.15. The Morgan fingerprint density at radius 2 is 1.77 bits per heavy atom. The molecule has 26 heavy (non-hydrogen) atoms. The molecule has 6 nitrogen and oxygen atoms in total. The average molecular weight is 422 g/mol. The monoisotopic (exact) mass is 421 g/mol. The molecule has 1 N–H and O–H groups in total. The number of benzene rings is 2. The molecule has 138 valence electrons. The fourth-order valence-electron chi connectivity index (χ4n) is 2.27. The van der Waals surface area contributed by atoms with Crippen LogP contribution in [0.15, 0.2) is 46.9 Å². The summed E-state index contributed by atoms with van der Waals surface area (Å²) in [6.45, 7) is 0.0903. The third kappa shape index (κ3) is 5.49. The molecule has 2 rings (SSSR count). The van der Waals surface area contributed by atoms with Gasteiger partial charge in [0.15, 0.2) is 18.1 Å². The maximum atomic E-state index is 11.9. The van der Waals surface area contributed by atoms with E-state index in [1.165, 1.54) is 0 Å². The van der Waals surface area contributed by atoms with Crippen LogP contribution in [0.25, 0.3) is 0 Å². The lowest BCUT2D eigenvalue weighted by atomic mass is 10.1. The molecule has 0 radical (unpaired) electrons. The van der Waals surface area contributed by atoms with Gasteiger partial charge in [-0.3, -0.25) is 4.79 Å². The number of carbonyl (C=O) groups excluding carboxylic acids is 2. The van der Waals surface area contributed by atoms with E-state index in [0.29, 0.717) is 34.5 Å². The lowest BCUT2D eigenvalue weighted by Gasteiger charge is -2.10. The van der Waals surface area contributed by atoms with Crippen LogP contribution in [0.3, 0.4) is 0 Å². The lowest BCUT2D eigenvalue weighted by molar-refractivity contribution is -0.124. The molecular formula is C19H20BrNO5. The minimum Gasteiger partial charge on any atom is -0.493 e. The quantitative estimate of drug-likeness (QED) is 0.663. The standard InChI is InChI=1S/C19H20BrNO5/c1-24-16-8-7-13(11-17(16)25-2)9-10-21-18(22)12-26-19(23)14-5-3-4-6-15(14)20/h3-8,11H,9-10,12H2,1-2H3,(H,21,22). The van der Waals surface area contributed by atoms with E-state index in [-0.39, 0.29) is 12.5 Å². The molecule has 2 aromatic carbocycles. The Balaban J connectivity index is 1.77. The number of halogens is 1. The van der Waals surface area contributed by atoms with Gasteiger partial charge >= 0.3 is 5.97 Å². The first-order valence-corrected chi connectivity index (χ1v) is 8.73. The number of nitrogens with one attached hydrogen (secondary N) is 1. The zero-order valence-corrected chi connectivity index (χ0v) is 16.2. The molecule has 0 fully saturated rings. The SMILES string of the molecule is COc1ccc(CCNC(=O)COC(=O)c2ccccc2Br)cc1OC. The molecule has 1 amide bonds. The van der Waals surface area contributed by atoms with Gasteiger partial charge in [-0.05, 0) is 52.2 Å². The molecule has 2 aromatic rings. The minimum absolute atomic E-state index is 0.327. The van der Waals surface area contributed by atoms with Crippen molar-refractivity contribution in [2.75, 3.05) is 27.4 Å². The smallest absolute Gasteiger partial charge is 0.339 e. The molecule has 0 aliphatic heterocycles. The van der Waals surface area contributed by atoms with Gasteiger partial charge in [0.25, 0.3) is 5.91 Å². The van der Waals surface area contributed by atoms with E-state index >= 15 is 0 Å². The van der Waals surface area contributed by atoms with Gasteiger partial charge in [-0.15, -0.1) is 0 Å². The molecule has 0 atom stereocenters. The Bertz CT molecular complexity index is 778. The normalized spacial score (nSPS) is 10.1. The Morgan fingerprint density at radius 3 is 2.46 bits per heavy atom. The molecule has 0 unspecified atom stereocenters. The number of esters is 1. The van der Waals surface area contributed by atoms with Gasteiger partial charge in [0.2, 0.25) is 0 Å². The second-order valence-electron chi connectivity index (χ2n) is 5.35.